The Hall–Kier alpha value is -3.67. The van der Waals surface area contributed by atoms with Crippen molar-refractivity contribution < 1.29 is 4.79 Å². The number of nitrogens with zero attached hydrogens (tertiary/aromatic N) is 7. The maximum absolute atomic E-state index is 11.6. The molecule has 0 radical (unpaired) electrons. The summed E-state index contributed by atoms with van der Waals surface area (Å²) in [6, 6.07) is 6.06. The molecule has 1 aliphatic rings. The fourth-order valence-corrected chi connectivity index (χ4v) is 3.44. The van der Waals surface area contributed by atoms with E-state index in [2.05, 4.69) is 26.5 Å². The van der Waals surface area contributed by atoms with Crippen LogP contribution in [0.3, 0.4) is 0 Å². The fourth-order valence-electron chi connectivity index (χ4n) is 3.44. The molecular formula is C19H20N8O. The molecule has 0 unspecified atom stereocenters. The van der Waals surface area contributed by atoms with E-state index in [1.54, 1.807) is 28.9 Å². The van der Waals surface area contributed by atoms with E-state index in [-0.39, 0.29) is 11.4 Å². The number of nitriles is 1. The molecule has 4 rings (SSSR count). The molecule has 0 spiro atoms. The zero-order chi connectivity index (χ0) is 19.7. The zero-order valence-corrected chi connectivity index (χ0v) is 15.7. The van der Waals surface area contributed by atoms with Gasteiger partial charge in [-0.3, -0.25) is 9.48 Å². The Morgan fingerprint density at radius 3 is 2.86 bits per heavy atom. The summed E-state index contributed by atoms with van der Waals surface area (Å²) in [5.41, 5.74) is 2.14. The number of aryl methyl sites for hydroxylation is 1. The fraction of sp³-hybridized carbons (Fsp3) is 0.316. The number of amides is 1. The molecular weight excluding hydrogens is 356 g/mol. The molecule has 1 N–H and O–H groups in total. The molecule has 0 saturated carbocycles. The average Bonchev–Trinajstić information content (AvgIpc) is 3.27. The van der Waals surface area contributed by atoms with E-state index >= 15 is 0 Å². The minimum absolute atomic E-state index is 0.0304. The van der Waals surface area contributed by atoms with Gasteiger partial charge < -0.3 is 14.8 Å². The summed E-state index contributed by atoms with van der Waals surface area (Å²) < 4.78 is 3.73. The largest absolute Gasteiger partial charge is 0.343 e. The lowest BCUT2D eigenvalue weighted by Gasteiger charge is -2.49. The van der Waals surface area contributed by atoms with Crippen molar-refractivity contribution in [3.8, 4) is 17.3 Å². The number of likely N-dealkylation sites (tertiary alicyclic amines) is 1. The highest BCUT2D eigenvalue weighted by atomic mass is 16.2. The van der Waals surface area contributed by atoms with Gasteiger partial charge in [-0.25, -0.2) is 9.97 Å². The second-order valence-electron chi connectivity index (χ2n) is 7.03. The Balaban J connectivity index is 1.56. The van der Waals surface area contributed by atoms with Gasteiger partial charge in [-0.15, -0.1) is 0 Å². The number of carbonyl (C=O) groups excluding carboxylic acids is 1. The first-order valence-electron chi connectivity index (χ1n) is 8.89. The molecule has 0 aliphatic carbocycles. The van der Waals surface area contributed by atoms with E-state index < -0.39 is 0 Å². The standard InChI is InChI=1S/C19H20N8O/c1-14(28)26-12-19(13-26,5-6-20)27-8-4-15(10-27)17-3-7-21-18(24-17)23-16-9-22-25(2)11-16/h3-4,7-11H,5,12-13H2,1-2H3,(H,21,23,24). The highest BCUT2D eigenvalue weighted by molar-refractivity contribution is 5.74. The second kappa shape index (κ2) is 6.81. The molecule has 1 amide bonds. The summed E-state index contributed by atoms with van der Waals surface area (Å²) in [5, 5.41) is 16.5. The maximum atomic E-state index is 11.6. The Morgan fingerprint density at radius 2 is 2.18 bits per heavy atom. The average molecular weight is 376 g/mol. The van der Waals surface area contributed by atoms with Gasteiger partial charge in [0.2, 0.25) is 11.9 Å². The van der Waals surface area contributed by atoms with E-state index in [1.807, 2.05) is 42.3 Å². The van der Waals surface area contributed by atoms with Gasteiger partial charge >= 0.3 is 0 Å². The van der Waals surface area contributed by atoms with Crippen LogP contribution in [0.2, 0.25) is 0 Å². The number of nitrogens with one attached hydrogen (secondary N) is 1. The van der Waals surface area contributed by atoms with Crippen LogP contribution in [0.1, 0.15) is 13.3 Å². The van der Waals surface area contributed by atoms with Gasteiger partial charge in [-0.05, 0) is 12.1 Å². The van der Waals surface area contributed by atoms with Gasteiger partial charge in [0.1, 0.15) is 0 Å². The maximum Gasteiger partial charge on any atom is 0.227 e. The monoisotopic (exact) mass is 376 g/mol. The highest BCUT2D eigenvalue weighted by Gasteiger charge is 2.45. The van der Waals surface area contributed by atoms with E-state index in [1.165, 1.54) is 0 Å². The van der Waals surface area contributed by atoms with Crippen LogP contribution >= 0.6 is 0 Å². The number of aromatic nitrogens is 5. The van der Waals surface area contributed by atoms with Crippen molar-refractivity contribution in [3.05, 3.63) is 43.1 Å². The third-order valence-corrected chi connectivity index (χ3v) is 4.98. The van der Waals surface area contributed by atoms with Crippen molar-refractivity contribution in [2.75, 3.05) is 18.4 Å². The molecule has 0 aromatic carbocycles. The van der Waals surface area contributed by atoms with Gasteiger partial charge in [0.15, 0.2) is 0 Å². The van der Waals surface area contributed by atoms with Crippen LogP contribution in [0.25, 0.3) is 11.3 Å². The van der Waals surface area contributed by atoms with Gasteiger partial charge in [-0.1, -0.05) is 0 Å². The van der Waals surface area contributed by atoms with Crippen LogP contribution in [0.15, 0.2) is 43.1 Å². The topological polar surface area (TPSA) is 105 Å². The molecule has 28 heavy (non-hydrogen) atoms. The third-order valence-electron chi connectivity index (χ3n) is 4.98. The van der Waals surface area contributed by atoms with Gasteiger partial charge in [0.05, 0.1) is 35.6 Å². The molecule has 1 fully saturated rings. The first kappa shape index (κ1) is 17.7. The van der Waals surface area contributed by atoms with E-state index in [0.717, 1.165) is 16.9 Å². The van der Waals surface area contributed by atoms with Crippen LogP contribution in [0.5, 0.6) is 0 Å². The van der Waals surface area contributed by atoms with Crippen molar-refractivity contribution in [2.24, 2.45) is 7.05 Å². The van der Waals surface area contributed by atoms with Crippen LogP contribution < -0.4 is 5.32 Å². The number of hydrogen-bond acceptors (Lipinski definition) is 6. The Morgan fingerprint density at radius 1 is 1.36 bits per heavy atom. The summed E-state index contributed by atoms with van der Waals surface area (Å²) in [7, 11) is 1.84. The second-order valence-corrected chi connectivity index (χ2v) is 7.03. The normalized spacial score (nSPS) is 15.0. The number of anilines is 2. The first-order chi connectivity index (χ1) is 13.5. The Bertz CT molecular complexity index is 1050. The lowest BCUT2D eigenvalue weighted by Crippen LogP contribution is -2.63. The smallest absolute Gasteiger partial charge is 0.227 e. The lowest BCUT2D eigenvalue weighted by molar-refractivity contribution is -0.139. The summed E-state index contributed by atoms with van der Waals surface area (Å²) in [6.45, 7) is 2.64. The highest BCUT2D eigenvalue weighted by Crippen LogP contribution is 2.34. The Kier molecular flexibility index (Phi) is 4.31. The molecule has 142 valence electrons. The summed E-state index contributed by atoms with van der Waals surface area (Å²) in [5.74, 6) is 0.513. The molecule has 1 aliphatic heterocycles. The van der Waals surface area contributed by atoms with Gasteiger partial charge in [-0.2, -0.15) is 10.4 Å². The SMILES string of the molecule is CC(=O)N1CC(CC#N)(n2ccc(-c3ccnc(Nc4cnn(C)c4)n3)c2)C1. The first-order valence-corrected chi connectivity index (χ1v) is 8.89. The van der Waals surface area contributed by atoms with Crippen molar-refractivity contribution in [1.82, 2.24) is 29.2 Å². The molecule has 9 heteroatoms. The van der Waals surface area contributed by atoms with Crippen LogP contribution in [0.4, 0.5) is 11.6 Å². The number of rotatable bonds is 5. The predicted octanol–water partition coefficient (Wildman–Crippen LogP) is 1.89. The lowest BCUT2D eigenvalue weighted by atomic mass is 9.86. The van der Waals surface area contributed by atoms with E-state index in [4.69, 9.17) is 0 Å². The molecule has 0 bridgehead atoms. The van der Waals surface area contributed by atoms with Crippen LogP contribution in [-0.4, -0.2) is 48.2 Å². The molecule has 3 aromatic rings. The zero-order valence-electron chi connectivity index (χ0n) is 15.7. The van der Waals surface area contributed by atoms with Crippen molar-refractivity contribution in [1.29, 1.82) is 5.26 Å². The van der Waals surface area contributed by atoms with Crippen LogP contribution in [0, 0.1) is 11.3 Å². The predicted molar refractivity (Wildman–Crippen MR) is 102 cm³/mol. The third kappa shape index (κ3) is 3.20. The molecule has 1 saturated heterocycles. The molecule has 9 nitrogen and oxygen atoms in total. The van der Waals surface area contributed by atoms with Crippen molar-refractivity contribution >= 4 is 17.5 Å². The van der Waals surface area contributed by atoms with E-state index in [9.17, 15) is 10.1 Å². The molecule has 4 heterocycles. The van der Waals surface area contributed by atoms with Crippen LogP contribution in [-0.2, 0) is 17.4 Å². The number of carbonyl (C=O) groups is 1. The van der Waals surface area contributed by atoms with E-state index in [0.29, 0.717) is 25.5 Å². The van der Waals surface area contributed by atoms with Gasteiger partial charge in [0, 0.05) is 57.4 Å². The summed E-state index contributed by atoms with van der Waals surface area (Å²) >= 11 is 0. The number of hydrogen-bond donors (Lipinski definition) is 1. The minimum Gasteiger partial charge on any atom is -0.343 e. The quantitative estimate of drug-likeness (QED) is 0.729. The summed E-state index contributed by atoms with van der Waals surface area (Å²) in [4.78, 5) is 22.1. The molecule has 3 aromatic heterocycles. The van der Waals surface area contributed by atoms with Crippen molar-refractivity contribution in [3.63, 3.8) is 0 Å². The molecule has 0 atom stereocenters. The summed E-state index contributed by atoms with van der Waals surface area (Å²) in [6.07, 6.45) is 9.52. The minimum atomic E-state index is -0.373. The van der Waals surface area contributed by atoms with Gasteiger partial charge in [0.25, 0.3) is 0 Å². The van der Waals surface area contributed by atoms with Crippen molar-refractivity contribution in [2.45, 2.75) is 18.9 Å². The Labute approximate surface area is 162 Å².